The monoisotopic (exact) mass is 179 g/mol. The highest BCUT2D eigenvalue weighted by Crippen LogP contribution is 2.26. The minimum Gasteiger partial charge on any atom is -0.508 e. The predicted molar refractivity (Wildman–Crippen MR) is 55.1 cm³/mol. The number of phenols is 1. The minimum absolute atomic E-state index is 0.407. The van der Waals surface area contributed by atoms with Gasteiger partial charge in [0.05, 0.1) is 0 Å². The lowest BCUT2D eigenvalue weighted by molar-refractivity contribution is 0.456. The van der Waals surface area contributed by atoms with Gasteiger partial charge < -0.3 is 10.4 Å². The second kappa shape index (κ2) is 4.87. The summed E-state index contributed by atoms with van der Waals surface area (Å²) in [6.07, 6.45) is 1.04. The Kier molecular flexibility index (Phi) is 3.77. The predicted octanol–water partition coefficient (Wildman–Crippen LogP) is 2.11. The SMILES string of the molecule is CCC(CNC)c1ccccc1O. The van der Waals surface area contributed by atoms with Crippen LogP contribution in [0, 0.1) is 0 Å². The van der Waals surface area contributed by atoms with E-state index in [1.54, 1.807) is 6.07 Å². The number of phenolic OH excluding ortho intramolecular Hbond substituents is 1. The molecule has 0 heterocycles. The van der Waals surface area contributed by atoms with E-state index in [4.69, 9.17) is 0 Å². The number of nitrogens with one attached hydrogen (secondary N) is 1. The molecule has 1 aromatic carbocycles. The molecule has 1 aromatic rings. The van der Waals surface area contributed by atoms with Crippen molar-refractivity contribution in [1.82, 2.24) is 5.32 Å². The number of hydrogen-bond acceptors (Lipinski definition) is 2. The Labute approximate surface area is 79.6 Å². The molecule has 0 saturated heterocycles. The van der Waals surface area contributed by atoms with Gasteiger partial charge in [-0.3, -0.25) is 0 Å². The number of aromatic hydroxyl groups is 1. The second-order valence-corrected chi connectivity index (χ2v) is 3.22. The van der Waals surface area contributed by atoms with Gasteiger partial charge in [0, 0.05) is 6.54 Å². The van der Waals surface area contributed by atoms with Crippen LogP contribution in [0.15, 0.2) is 24.3 Å². The van der Waals surface area contributed by atoms with Gasteiger partial charge in [0.25, 0.3) is 0 Å². The molecule has 2 N–H and O–H groups in total. The summed E-state index contributed by atoms with van der Waals surface area (Å²) in [6.45, 7) is 3.04. The molecule has 0 fully saturated rings. The van der Waals surface area contributed by atoms with Crippen molar-refractivity contribution >= 4 is 0 Å². The van der Waals surface area contributed by atoms with Crippen LogP contribution >= 0.6 is 0 Å². The summed E-state index contributed by atoms with van der Waals surface area (Å²) in [4.78, 5) is 0. The lowest BCUT2D eigenvalue weighted by atomic mass is 9.96. The van der Waals surface area contributed by atoms with E-state index in [0.29, 0.717) is 11.7 Å². The van der Waals surface area contributed by atoms with Gasteiger partial charge in [-0.05, 0) is 31.0 Å². The average Bonchev–Trinajstić information content (AvgIpc) is 2.16. The largest absolute Gasteiger partial charge is 0.508 e. The van der Waals surface area contributed by atoms with E-state index in [2.05, 4.69) is 12.2 Å². The Morgan fingerprint density at radius 3 is 2.62 bits per heavy atom. The Hall–Kier alpha value is -1.02. The van der Waals surface area contributed by atoms with Crippen LogP contribution in [0.4, 0.5) is 0 Å². The summed E-state index contributed by atoms with van der Waals surface area (Å²) >= 11 is 0. The van der Waals surface area contributed by atoms with E-state index >= 15 is 0 Å². The smallest absolute Gasteiger partial charge is 0.119 e. The molecular formula is C11H17NO. The first-order chi connectivity index (χ1) is 6.29. The molecule has 1 rings (SSSR count). The van der Waals surface area contributed by atoms with Gasteiger partial charge in [-0.25, -0.2) is 0 Å². The minimum atomic E-state index is 0.407. The van der Waals surface area contributed by atoms with Crippen molar-refractivity contribution < 1.29 is 5.11 Å². The Morgan fingerprint density at radius 1 is 1.38 bits per heavy atom. The van der Waals surface area contributed by atoms with Crippen molar-refractivity contribution in [3.63, 3.8) is 0 Å². The van der Waals surface area contributed by atoms with Crippen LogP contribution in [0.25, 0.3) is 0 Å². The van der Waals surface area contributed by atoms with E-state index in [1.807, 2.05) is 25.2 Å². The molecule has 0 amide bonds. The van der Waals surface area contributed by atoms with Crippen LogP contribution in [0.3, 0.4) is 0 Å². The highest BCUT2D eigenvalue weighted by Gasteiger charge is 2.11. The molecule has 0 aromatic heterocycles. The molecular weight excluding hydrogens is 162 g/mol. The molecule has 0 bridgehead atoms. The number of benzene rings is 1. The van der Waals surface area contributed by atoms with Gasteiger partial charge in [-0.15, -0.1) is 0 Å². The van der Waals surface area contributed by atoms with Crippen molar-refractivity contribution in [2.45, 2.75) is 19.3 Å². The highest BCUT2D eigenvalue weighted by molar-refractivity contribution is 5.34. The van der Waals surface area contributed by atoms with Crippen molar-refractivity contribution in [3.05, 3.63) is 29.8 Å². The zero-order chi connectivity index (χ0) is 9.68. The van der Waals surface area contributed by atoms with Crippen molar-refractivity contribution in [3.8, 4) is 5.75 Å². The van der Waals surface area contributed by atoms with E-state index in [9.17, 15) is 5.11 Å². The van der Waals surface area contributed by atoms with Crippen LogP contribution in [-0.4, -0.2) is 18.7 Å². The molecule has 0 saturated carbocycles. The van der Waals surface area contributed by atoms with Gasteiger partial charge in [-0.2, -0.15) is 0 Å². The first-order valence-electron chi connectivity index (χ1n) is 4.72. The fraction of sp³-hybridized carbons (Fsp3) is 0.455. The molecule has 1 unspecified atom stereocenters. The summed E-state index contributed by atoms with van der Waals surface area (Å²) in [6, 6.07) is 7.55. The first kappa shape index (κ1) is 10.1. The Morgan fingerprint density at radius 2 is 2.08 bits per heavy atom. The topological polar surface area (TPSA) is 32.3 Å². The third-order valence-corrected chi connectivity index (χ3v) is 2.32. The van der Waals surface area contributed by atoms with Gasteiger partial charge in [0.15, 0.2) is 0 Å². The molecule has 0 spiro atoms. The van der Waals surface area contributed by atoms with Gasteiger partial charge in [0.2, 0.25) is 0 Å². The standard InChI is InChI=1S/C11H17NO/c1-3-9(8-12-2)10-6-4-5-7-11(10)13/h4-7,9,12-13H,3,8H2,1-2H3. The van der Waals surface area contributed by atoms with E-state index in [1.165, 1.54) is 0 Å². The molecule has 13 heavy (non-hydrogen) atoms. The third-order valence-electron chi connectivity index (χ3n) is 2.32. The quantitative estimate of drug-likeness (QED) is 0.742. The van der Waals surface area contributed by atoms with E-state index < -0.39 is 0 Å². The Balaban J connectivity index is 2.84. The second-order valence-electron chi connectivity index (χ2n) is 3.22. The molecule has 0 aliphatic carbocycles. The van der Waals surface area contributed by atoms with Crippen molar-refractivity contribution in [1.29, 1.82) is 0 Å². The van der Waals surface area contributed by atoms with Crippen LogP contribution in [0.1, 0.15) is 24.8 Å². The van der Waals surface area contributed by atoms with E-state index in [0.717, 1.165) is 18.5 Å². The lowest BCUT2D eigenvalue weighted by Gasteiger charge is -2.15. The maximum atomic E-state index is 9.61. The normalized spacial score (nSPS) is 12.8. The maximum Gasteiger partial charge on any atom is 0.119 e. The molecule has 2 heteroatoms. The lowest BCUT2D eigenvalue weighted by Crippen LogP contribution is -2.16. The van der Waals surface area contributed by atoms with Gasteiger partial charge in [0.1, 0.15) is 5.75 Å². The summed E-state index contributed by atoms with van der Waals surface area (Å²) in [5, 5.41) is 12.7. The number of likely N-dealkylation sites (N-methyl/N-ethyl adjacent to an activating group) is 1. The molecule has 1 atom stereocenters. The molecule has 72 valence electrons. The third kappa shape index (κ3) is 2.46. The summed E-state index contributed by atoms with van der Waals surface area (Å²) in [5.74, 6) is 0.816. The summed E-state index contributed by atoms with van der Waals surface area (Å²) in [7, 11) is 1.93. The number of rotatable bonds is 4. The molecule has 0 aliphatic rings. The van der Waals surface area contributed by atoms with E-state index in [-0.39, 0.29) is 0 Å². The van der Waals surface area contributed by atoms with Crippen LogP contribution in [0.5, 0.6) is 5.75 Å². The van der Waals surface area contributed by atoms with Crippen LogP contribution in [-0.2, 0) is 0 Å². The van der Waals surface area contributed by atoms with Crippen LogP contribution < -0.4 is 5.32 Å². The summed E-state index contributed by atoms with van der Waals surface area (Å²) < 4.78 is 0. The Bertz CT molecular complexity index is 260. The van der Waals surface area contributed by atoms with Crippen molar-refractivity contribution in [2.24, 2.45) is 0 Å². The number of hydrogen-bond donors (Lipinski definition) is 2. The molecule has 2 nitrogen and oxygen atoms in total. The fourth-order valence-corrected chi connectivity index (χ4v) is 1.55. The number of para-hydroxylation sites is 1. The maximum absolute atomic E-state index is 9.61. The highest BCUT2D eigenvalue weighted by atomic mass is 16.3. The fourth-order valence-electron chi connectivity index (χ4n) is 1.55. The average molecular weight is 179 g/mol. The summed E-state index contributed by atoms with van der Waals surface area (Å²) in [5.41, 5.74) is 1.04. The van der Waals surface area contributed by atoms with Crippen molar-refractivity contribution in [2.75, 3.05) is 13.6 Å². The molecule has 0 aliphatic heterocycles. The van der Waals surface area contributed by atoms with Crippen LogP contribution in [0.2, 0.25) is 0 Å². The molecule has 0 radical (unpaired) electrons. The van der Waals surface area contributed by atoms with Gasteiger partial charge in [-0.1, -0.05) is 25.1 Å². The first-order valence-corrected chi connectivity index (χ1v) is 4.72. The zero-order valence-corrected chi connectivity index (χ0v) is 8.25. The zero-order valence-electron chi connectivity index (χ0n) is 8.25. The van der Waals surface area contributed by atoms with Gasteiger partial charge >= 0.3 is 0 Å².